The first-order valence-electron chi connectivity index (χ1n) is 7.14. The fourth-order valence-corrected chi connectivity index (χ4v) is 2.17. The summed E-state index contributed by atoms with van der Waals surface area (Å²) in [4.78, 5) is 0. The van der Waals surface area contributed by atoms with Gasteiger partial charge in [-0.25, -0.2) is 0 Å². The van der Waals surface area contributed by atoms with Crippen molar-refractivity contribution in [2.24, 2.45) is 0 Å². The van der Waals surface area contributed by atoms with Crippen LogP contribution in [0.4, 0.5) is 8.78 Å². The maximum atomic E-state index is 12.3. The van der Waals surface area contributed by atoms with E-state index < -0.39 is 6.61 Å². The molecule has 2 aromatic carbocycles. The molecule has 0 amide bonds. The first-order chi connectivity index (χ1) is 11.6. The molecule has 0 atom stereocenters. The van der Waals surface area contributed by atoms with E-state index in [0.29, 0.717) is 17.9 Å². The van der Waals surface area contributed by atoms with Crippen LogP contribution in [0.2, 0.25) is 0 Å². The molecule has 7 heteroatoms. The molecule has 3 aromatic rings. The highest BCUT2D eigenvalue weighted by Gasteiger charge is 2.11. The van der Waals surface area contributed by atoms with Crippen molar-refractivity contribution >= 4 is 0 Å². The Morgan fingerprint density at radius 3 is 2.54 bits per heavy atom. The monoisotopic (exact) mass is 332 g/mol. The molecule has 1 heterocycles. The van der Waals surface area contributed by atoms with Crippen LogP contribution in [0.5, 0.6) is 11.5 Å². The highest BCUT2D eigenvalue weighted by Crippen LogP contribution is 2.24. The average molecular weight is 332 g/mol. The van der Waals surface area contributed by atoms with Gasteiger partial charge in [0.1, 0.15) is 11.5 Å². The van der Waals surface area contributed by atoms with Gasteiger partial charge in [0.25, 0.3) is 0 Å². The van der Waals surface area contributed by atoms with Crippen LogP contribution in [0.25, 0.3) is 11.5 Å². The van der Waals surface area contributed by atoms with Gasteiger partial charge in [-0.05, 0) is 35.9 Å². The van der Waals surface area contributed by atoms with Crippen LogP contribution < -0.4 is 9.47 Å². The molecule has 0 aliphatic heterocycles. The number of nitrogens with zero attached hydrogens (tertiary/aromatic N) is 2. The van der Waals surface area contributed by atoms with Gasteiger partial charge in [-0.2, -0.15) is 8.78 Å². The molecule has 0 radical (unpaired) electrons. The third kappa shape index (κ3) is 3.87. The van der Waals surface area contributed by atoms with Gasteiger partial charge in [0.2, 0.25) is 11.8 Å². The molecule has 0 aliphatic carbocycles. The minimum absolute atomic E-state index is 0.0393. The summed E-state index contributed by atoms with van der Waals surface area (Å²) in [6, 6.07) is 13.6. The SMILES string of the molecule is COc1ccc(Cc2nnc(-c3cccc(OC(F)F)c3)o2)cc1. The lowest BCUT2D eigenvalue weighted by Gasteiger charge is -2.04. The van der Waals surface area contributed by atoms with Crippen LogP contribution in [0, 0.1) is 0 Å². The van der Waals surface area contributed by atoms with Gasteiger partial charge in [0.15, 0.2) is 0 Å². The lowest BCUT2D eigenvalue weighted by atomic mass is 10.1. The van der Waals surface area contributed by atoms with Gasteiger partial charge in [0, 0.05) is 5.56 Å². The summed E-state index contributed by atoms with van der Waals surface area (Å²) in [5.74, 6) is 1.48. The Kier molecular flexibility index (Phi) is 4.69. The second-order valence-electron chi connectivity index (χ2n) is 4.93. The van der Waals surface area contributed by atoms with Crippen LogP contribution >= 0.6 is 0 Å². The second-order valence-corrected chi connectivity index (χ2v) is 4.93. The molecule has 5 nitrogen and oxygen atoms in total. The van der Waals surface area contributed by atoms with Crippen molar-refractivity contribution < 1.29 is 22.7 Å². The lowest BCUT2D eigenvalue weighted by molar-refractivity contribution is -0.0498. The molecule has 0 spiro atoms. The molecule has 0 saturated carbocycles. The Hall–Kier alpha value is -2.96. The molecule has 124 valence electrons. The van der Waals surface area contributed by atoms with E-state index >= 15 is 0 Å². The zero-order chi connectivity index (χ0) is 16.9. The first-order valence-corrected chi connectivity index (χ1v) is 7.14. The number of aromatic nitrogens is 2. The molecule has 0 fully saturated rings. The van der Waals surface area contributed by atoms with Crippen molar-refractivity contribution in [1.29, 1.82) is 0 Å². The molecule has 0 bridgehead atoms. The van der Waals surface area contributed by atoms with E-state index in [9.17, 15) is 8.78 Å². The van der Waals surface area contributed by atoms with Crippen LogP contribution in [0.15, 0.2) is 52.9 Å². The third-order valence-corrected chi connectivity index (χ3v) is 3.29. The Morgan fingerprint density at radius 1 is 1.04 bits per heavy atom. The Labute approximate surface area is 136 Å². The van der Waals surface area contributed by atoms with Crippen LogP contribution in [0.3, 0.4) is 0 Å². The number of rotatable bonds is 6. The Morgan fingerprint density at radius 2 is 1.83 bits per heavy atom. The van der Waals surface area contributed by atoms with Gasteiger partial charge in [-0.3, -0.25) is 0 Å². The molecule has 3 rings (SSSR count). The number of benzene rings is 2. The van der Waals surface area contributed by atoms with E-state index in [4.69, 9.17) is 9.15 Å². The Bertz CT molecular complexity index is 804. The number of ether oxygens (including phenoxy) is 2. The summed E-state index contributed by atoms with van der Waals surface area (Å²) in [5, 5.41) is 7.94. The van der Waals surface area contributed by atoms with Gasteiger partial charge >= 0.3 is 6.61 Å². The third-order valence-electron chi connectivity index (χ3n) is 3.29. The lowest BCUT2D eigenvalue weighted by Crippen LogP contribution is -2.01. The molecule has 24 heavy (non-hydrogen) atoms. The average Bonchev–Trinajstić information content (AvgIpc) is 3.04. The summed E-state index contributed by atoms with van der Waals surface area (Å²) < 4.78 is 39.6. The summed E-state index contributed by atoms with van der Waals surface area (Å²) in [6.07, 6.45) is 0.463. The molecular formula is C17H14F2N2O3. The zero-order valence-corrected chi connectivity index (χ0v) is 12.8. The predicted molar refractivity (Wildman–Crippen MR) is 82.2 cm³/mol. The number of hydrogen-bond acceptors (Lipinski definition) is 5. The van der Waals surface area contributed by atoms with Gasteiger partial charge in [-0.1, -0.05) is 18.2 Å². The standard InChI is InChI=1S/C17H14F2N2O3/c1-22-13-7-5-11(6-8-13)9-15-20-21-16(24-15)12-3-2-4-14(10-12)23-17(18)19/h2-8,10,17H,9H2,1H3. The van der Waals surface area contributed by atoms with E-state index in [1.165, 1.54) is 12.1 Å². The first kappa shape index (κ1) is 15.9. The highest BCUT2D eigenvalue weighted by atomic mass is 19.3. The van der Waals surface area contributed by atoms with E-state index in [1.807, 2.05) is 24.3 Å². The van der Waals surface area contributed by atoms with Gasteiger partial charge < -0.3 is 13.9 Å². The van der Waals surface area contributed by atoms with Crippen molar-refractivity contribution in [2.45, 2.75) is 13.0 Å². The summed E-state index contributed by atoms with van der Waals surface area (Å²) in [6.45, 7) is -2.88. The minimum atomic E-state index is -2.88. The quantitative estimate of drug-likeness (QED) is 0.684. The molecule has 0 unspecified atom stereocenters. The molecule has 1 aromatic heterocycles. The largest absolute Gasteiger partial charge is 0.497 e. The van der Waals surface area contributed by atoms with E-state index in [-0.39, 0.29) is 11.6 Å². The highest BCUT2D eigenvalue weighted by molar-refractivity contribution is 5.55. The van der Waals surface area contributed by atoms with Crippen molar-refractivity contribution in [1.82, 2.24) is 10.2 Å². The second kappa shape index (κ2) is 7.08. The number of hydrogen-bond donors (Lipinski definition) is 0. The minimum Gasteiger partial charge on any atom is -0.497 e. The zero-order valence-electron chi connectivity index (χ0n) is 12.8. The van der Waals surface area contributed by atoms with Crippen molar-refractivity contribution in [3.05, 3.63) is 60.0 Å². The van der Waals surface area contributed by atoms with E-state index in [2.05, 4.69) is 14.9 Å². The summed E-state index contributed by atoms with van der Waals surface area (Å²) >= 11 is 0. The van der Waals surface area contributed by atoms with Crippen molar-refractivity contribution in [3.63, 3.8) is 0 Å². The normalized spacial score (nSPS) is 10.8. The predicted octanol–water partition coefficient (Wildman–Crippen LogP) is 3.94. The summed E-state index contributed by atoms with van der Waals surface area (Å²) in [7, 11) is 1.60. The van der Waals surface area contributed by atoms with Crippen molar-refractivity contribution in [2.75, 3.05) is 7.11 Å². The van der Waals surface area contributed by atoms with E-state index in [0.717, 1.165) is 11.3 Å². The maximum Gasteiger partial charge on any atom is 0.387 e. The fraction of sp³-hybridized carbons (Fsp3) is 0.176. The van der Waals surface area contributed by atoms with Crippen molar-refractivity contribution in [3.8, 4) is 23.0 Å². The van der Waals surface area contributed by atoms with Gasteiger partial charge in [0.05, 0.1) is 13.5 Å². The van der Waals surface area contributed by atoms with Crippen LogP contribution in [-0.2, 0) is 6.42 Å². The Balaban J connectivity index is 1.75. The molecule has 0 N–H and O–H groups in total. The molecular weight excluding hydrogens is 318 g/mol. The summed E-state index contributed by atoms with van der Waals surface area (Å²) in [5.41, 5.74) is 1.50. The molecule has 0 saturated heterocycles. The smallest absolute Gasteiger partial charge is 0.387 e. The number of alkyl halides is 2. The topological polar surface area (TPSA) is 57.4 Å². The van der Waals surface area contributed by atoms with Crippen LogP contribution in [-0.4, -0.2) is 23.9 Å². The van der Waals surface area contributed by atoms with E-state index in [1.54, 1.807) is 19.2 Å². The fourth-order valence-electron chi connectivity index (χ4n) is 2.17. The van der Waals surface area contributed by atoms with Gasteiger partial charge in [-0.15, -0.1) is 10.2 Å². The maximum absolute atomic E-state index is 12.3. The number of halogens is 2. The molecule has 0 aliphatic rings. The number of methoxy groups -OCH3 is 1. The van der Waals surface area contributed by atoms with Crippen LogP contribution in [0.1, 0.15) is 11.5 Å².